The molecule has 1 aromatic carbocycles. The Hall–Kier alpha value is -1.68. The monoisotopic (exact) mass is 414 g/mol. The van der Waals surface area contributed by atoms with Crippen molar-refractivity contribution in [2.24, 2.45) is 0 Å². The molecule has 2 aromatic rings. The second kappa shape index (κ2) is 13.5. The summed E-state index contributed by atoms with van der Waals surface area (Å²) in [5, 5.41) is 5.69. The molecule has 1 N–H and O–H groups in total. The third-order valence-electron chi connectivity index (χ3n) is 5.65. The molecule has 0 radical (unpaired) electrons. The fourth-order valence-electron chi connectivity index (χ4n) is 3.46. The van der Waals surface area contributed by atoms with E-state index in [1.165, 1.54) is 61.8 Å². The molecule has 0 aliphatic carbocycles. The molecule has 0 aliphatic heterocycles. The summed E-state index contributed by atoms with van der Waals surface area (Å²) in [6, 6.07) is 8.63. The minimum absolute atomic E-state index is 0.0842. The Morgan fingerprint density at radius 2 is 1.59 bits per heavy atom. The van der Waals surface area contributed by atoms with Gasteiger partial charge in [-0.2, -0.15) is 0 Å². The lowest BCUT2D eigenvalue weighted by atomic mass is 9.97. The highest BCUT2D eigenvalue weighted by molar-refractivity contribution is 7.14. The maximum atomic E-state index is 12.2. The normalized spacial score (nSPS) is 12.1. The van der Waals surface area contributed by atoms with Crippen LogP contribution in [0.1, 0.15) is 103 Å². The molecule has 0 bridgehead atoms. The molecule has 0 spiro atoms. The molecule has 1 atom stereocenters. The molecule has 0 saturated heterocycles. The van der Waals surface area contributed by atoms with E-state index >= 15 is 0 Å². The molecule has 0 aliphatic rings. The smallest absolute Gasteiger partial charge is 0.226 e. The first-order chi connectivity index (χ1) is 14.1. The van der Waals surface area contributed by atoms with Gasteiger partial charge >= 0.3 is 0 Å². The van der Waals surface area contributed by atoms with Crippen molar-refractivity contribution < 1.29 is 4.79 Å². The largest absolute Gasteiger partial charge is 0.302 e. The summed E-state index contributed by atoms with van der Waals surface area (Å²) in [5.74, 6) is 0.663. The molecule has 2 rings (SSSR count). The van der Waals surface area contributed by atoms with E-state index in [0.29, 0.717) is 17.5 Å². The van der Waals surface area contributed by atoms with Crippen molar-refractivity contribution >= 4 is 22.4 Å². The molecule has 3 nitrogen and oxygen atoms in total. The molecule has 4 heteroatoms. The number of thiazole rings is 1. The zero-order valence-electron chi connectivity index (χ0n) is 18.5. The predicted molar refractivity (Wildman–Crippen MR) is 127 cm³/mol. The zero-order valence-corrected chi connectivity index (χ0v) is 19.3. The molecule has 1 amide bonds. The van der Waals surface area contributed by atoms with Crippen LogP contribution in [0, 0.1) is 0 Å². The molecule has 1 unspecified atom stereocenters. The summed E-state index contributed by atoms with van der Waals surface area (Å²) in [6.07, 6.45) is 13.1. The molecule has 0 fully saturated rings. The lowest BCUT2D eigenvalue weighted by Gasteiger charge is -2.08. The Morgan fingerprint density at radius 3 is 2.21 bits per heavy atom. The number of rotatable bonds is 14. The van der Waals surface area contributed by atoms with Gasteiger partial charge < -0.3 is 5.32 Å². The van der Waals surface area contributed by atoms with Crippen LogP contribution in [0.15, 0.2) is 29.6 Å². The fourth-order valence-corrected chi connectivity index (χ4v) is 4.20. The summed E-state index contributed by atoms with van der Waals surface area (Å²) in [4.78, 5) is 16.8. The van der Waals surface area contributed by atoms with Gasteiger partial charge in [0.2, 0.25) is 5.91 Å². The second-order valence-electron chi connectivity index (χ2n) is 8.10. The van der Waals surface area contributed by atoms with Crippen LogP contribution in [0.25, 0.3) is 11.3 Å². The van der Waals surface area contributed by atoms with E-state index < -0.39 is 0 Å². The van der Waals surface area contributed by atoms with E-state index in [1.54, 1.807) is 0 Å². The van der Waals surface area contributed by atoms with Crippen molar-refractivity contribution in [3.8, 4) is 11.3 Å². The highest BCUT2D eigenvalue weighted by Crippen LogP contribution is 2.27. The summed E-state index contributed by atoms with van der Waals surface area (Å²) < 4.78 is 0. The SMILES string of the molecule is CCCCCCCCCCCC(=O)Nc1nc(-c2ccc(C(C)CC)cc2)cs1. The lowest BCUT2D eigenvalue weighted by Crippen LogP contribution is -2.10. The van der Waals surface area contributed by atoms with Crippen molar-refractivity contribution in [1.82, 2.24) is 4.98 Å². The Labute approximate surface area is 181 Å². The van der Waals surface area contributed by atoms with Gasteiger partial charge in [0.1, 0.15) is 0 Å². The number of hydrogen-bond donors (Lipinski definition) is 1. The van der Waals surface area contributed by atoms with Crippen LogP contribution in [0.2, 0.25) is 0 Å². The summed E-state index contributed by atoms with van der Waals surface area (Å²) >= 11 is 1.50. The molecule has 0 saturated carbocycles. The molecule has 29 heavy (non-hydrogen) atoms. The van der Waals surface area contributed by atoms with Gasteiger partial charge in [-0.15, -0.1) is 11.3 Å². The summed E-state index contributed by atoms with van der Waals surface area (Å²) in [5.41, 5.74) is 3.40. The van der Waals surface area contributed by atoms with Crippen molar-refractivity contribution in [2.45, 2.75) is 97.3 Å². The van der Waals surface area contributed by atoms with Crippen LogP contribution in [0.3, 0.4) is 0 Å². The number of carbonyl (C=O) groups is 1. The van der Waals surface area contributed by atoms with Crippen LogP contribution in [0.4, 0.5) is 5.13 Å². The highest BCUT2D eigenvalue weighted by atomic mass is 32.1. The number of benzene rings is 1. The Bertz CT molecular complexity index is 708. The average molecular weight is 415 g/mol. The maximum Gasteiger partial charge on any atom is 0.226 e. The molecule has 1 heterocycles. The number of anilines is 1. The lowest BCUT2D eigenvalue weighted by molar-refractivity contribution is -0.116. The number of nitrogens with zero attached hydrogens (tertiary/aromatic N) is 1. The first-order valence-electron chi connectivity index (χ1n) is 11.5. The van der Waals surface area contributed by atoms with Crippen molar-refractivity contribution in [1.29, 1.82) is 0 Å². The van der Waals surface area contributed by atoms with Gasteiger partial charge in [0.25, 0.3) is 0 Å². The first-order valence-corrected chi connectivity index (χ1v) is 12.4. The standard InChI is InChI=1S/C25H38N2OS/c1-4-6-7-8-9-10-11-12-13-14-24(28)27-25-26-23(19-29-25)22-17-15-21(16-18-22)20(3)5-2/h15-20H,4-14H2,1-3H3,(H,26,27,28). The number of aromatic nitrogens is 1. The third-order valence-corrected chi connectivity index (χ3v) is 6.40. The van der Waals surface area contributed by atoms with E-state index in [0.717, 1.165) is 30.5 Å². The minimum Gasteiger partial charge on any atom is -0.302 e. The quantitative estimate of drug-likeness (QED) is 0.317. The predicted octanol–water partition coefficient (Wildman–Crippen LogP) is 8.18. The summed E-state index contributed by atoms with van der Waals surface area (Å²) in [6.45, 7) is 6.71. The third kappa shape index (κ3) is 8.69. The number of amides is 1. The van der Waals surface area contributed by atoms with Crippen LogP contribution >= 0.6 is 11.3 Å². The van der Waals surface area contributed by atoms with E-state index in [1.807, 2.05) is 5.38 Å². The van der Waals surface area contributed by atoms with Gasteiger partial charge in [-0.25, -0.2) is 4.98 Å². The van der Waals surface area contributed by atoms with Gasteiger partial charge in [-0.3, -0.25) is 4.79 Å². The average Bonchev–Trinajstić information content (AvgIpc) is 3.20. The van der Waals surface area contributed by atoms with Crippen molar-refractivity contribution in [2.75, 3.05) is 5.32 Å². The zero-order chi connectivity index (χ0) is 20.9. The maximum absolute atomic E-state index is 12.2. The van der Waals surface area contributed by atoms with Gasteiger partial charge in [-0.1, -0.05) is 96.4 Å². The Balaban J connectivity index is 1.67. The van der Waals surface area contributed by atoms with Gasteiger partial charge in [-0.05, 0) is 24.3 Å². The van der Waals surface area contributed by atoms with E-state index in [2.05, 4.69) is 55.3 Å². The number of nitrogens with one attached hydrogen (secondary N) is 1. The second-order valence-corrected chi connectivity index (χ2v) is 8.95. The summed E-state index contributed by atoms with van der Waals surface area (Å²) in [7, 11) is 0. The minimum atomic E-state index is 0.0842. The van der Waals surface area contributed by atoms with Gasteiger partial charge in [0.15, 0.2) is 5.13 Å². The Morgan fingerprint density at radius 1 is 0.966 bits per heavy atom. The Kier molecular flexibility index (Phi) is 11.0. The van der Waals surface area contributed by atoms with Crippen molar-refractivity contribution in [3.05, 3.63) is 35.2 Å². The van der Waals surface area contributed by atoms with Crippen molar-refractivity contribution in [3.63, 3.8) is 0 Å². The van der Waals surface area contributed by atoms with E-state index in [9.17, 15) is 4.79 Å². The molecular weight excluding hydrogens is 376 g/mol. The highest BCUT2D eigenvalue weighted by Gasteiger charge is 2.09. The topological polar surface area (TPSA) is 42.0 Å². The number of unbranched alkanes of at least 4 members (excludes halogenated alkanes) is 8. The van der Waals surface area contributed by atoms with Gasteiger partial charge in [0, 0.05) is 17.4 Å². The van der Waals surface area contributed by atoms with Crippen LogP contribution in [-0.4, -0.2) is 10.9 Å². The molecule has 160 valence electrons. The van der Waals surface area contributed by atoms with Crippen LogP contribution < -0.4 is 5.32 Å². The number of hydrogen-bond acceptors (Lipinski definition) is 3. The van der Waals surface area contributed by atoms with E-state index in [4.69, 9.17) is 0 Å². The van der Waals surface area contributed by atoms with Crippen LogP contribution in [-0.2, 0) is 4.79 Å². The fraction of sp³-hybridized carbons (Fsp3) is 0.600. The molecular formula is C25H38N2OS. The van der Waals surface area contributed by atoms with E-state index in [-0.39, 0.29) is 5.91 Å². The van der Waals surface area contributed by atoms with Crippen LogP contribution in [0.5, 0.6) is 0 Å². The number of carbonyl (C=O) groups excluding carboxylic acids is 1. The van der Waals surface area contributed by atoms with Gasteiger partial charge in [0.05, 0.1) is 5.69 Å². The first kappa shape index (κ1) is 23.6. The molecule has 1 aromatic heterocycles.